The van der Waals surface area contributed by atoms with Gasteiger partial charge in [0.05, 0.1) is 30.5 Å². The smallest absolute Gasteiger partial charge is 0.338 e. The standard InChI is InChI=1S/C33H43NO12/c1-16(36)46-33-21-18(12-31(40,28(44-5)26(33)38)27(21)45-29(39)17-9-7-6-8-10-17)32-20(42-3)11-19(37)30(14-41-2)13-34(15-35)25(32)22(33)23(43-4)24(30)32/h6-10,15,18-28,37-38,40H,11-14H2,1-5H3/t18?,19-,20+,21?,22+,23+,24-,25-,26?,27?,28?,30+,31?,32+,33?/m1/s1. The molecule has 13 nitrogen and oxygen atoms in total. The third kappa shape index (κ3) is 3.52. The van der Waals surface area contributed by atoms with E-state index in [1.54, 1.807) is 42.3 Å². The molecule has 5 aliphatic carbocycles. The molecule has 1 amide bonds. The van der Waals surface area contributed by atoms with Gasteiger partial charge in [-0.05, 0) is 24.5 Å². The Hall–Kier alpha value is -2.65. The number of ether oxygens (including phenoxy) is 6. The van der Waals surface area contributed by atoms with E-state index in [9.17, 15) is 29.7 Å². The molecule has 7 bridgehead atoms. The molecule has 252 valence electrons. The quantitative estimate of drug-likeness (QED) is 0.239. The molecule has 1 saturated heterocycles. The second kappa shape index (κ2) is 10.7. The number of amides is 1. The van der Waals surface area contributed by atoms with E-state index in [1.807, 2.05) is 0 Å². The van der Waals surface area contributed by atoms with Crippen LogP contribution in [0.4, 0.5) is 0 Å². The molecule has 1 spiro atoms. The lowest BCUT2D eigenvalue weighted by atomic mass is 9.42. The fourth-order valence-corrected chi connectivity index (χ4v) is 12.0. The van der Waals surface area contributed by atoms with E-state index in [1.165, 1.54) is 28.3 Å². The van der Waals surface area contributed by atoms with Gasteiger partial charge in [0.15, 0.2) is 5.60 Å². The number of likely N-dealkylation sites (tertiary alicyclic amines) is 1. The van der Waals surface area contributed by atoms with Crippen molar-refractivity contribution in [3.05, 3.63) is 35.9 Å². The van der Waals surface area contributed by atoms with Gasteiger partial charge in [0.1, 0.15) is 23.9 Å². The van der Waals surface area contributed by atoms with Crippen molar-refractivity contribution < 1.29 is 58.1 Å². The molecule has 0 aromatic heterocycles. The SMILES string of the molecule is COC[C@]12CN(C=O)[C@@H]3[C@@H]4[C@H](OC)[C@H]1[C@]3(C1CC3(O)C(OC)C(O)C4(OC(C)=O)C1C3OC(=O)c1ccccc1)[C@@H](OC)C[C@H]2O. The molecular weight excluding hydrogens is 602 g/mol. The lowest BCUT2D eigenvalue weighted by Crippen LogP contribution is -2.81. The number of piperidine rings is 1. The monoisotopic (exact) mass is 645 g/mol. The molecule has 1 aliphatic heterocycles. The fraction of sp³-hybridized carbons (Fsp3) is 0.727. The summed E-state index contributed by atoms with van der Waals surface area (Å²) in [6.07, 6.45) is -5.77. The minimum Gasteiger partial charge on any atom is -0.455 e. The highest BCUT2D eigenvalue weighted by Gasteiger charge is 2.92. The summed E-state index contributed by atoms with van der Waals surface area (Å²) in [5, 5.41) is 37.0. The van der Waals surface area contributed by atoms with Crippen LogP contribution in [0.3, 0.4) is 0 Å². The first-order chi connectivity index (χ1) is 22.0. The molecule has 1 aromatic carbocycles. The molecule has 13 heteroatoms. The molecule has 6 aliphatic rings. The Morgan fingerprint density at radius 3 is 2.33 bits per heavy atom. The summed E-state index contributed by atoms with van der Waals surface area (Å²) < 4.78 is 36.8. The minimum atomic E-state index is -1.92. The molecule has 7 rings (SSSR count). The third-order valence-electron chi connectivity index (χ3n) is 12.8. The molecule has 1 heterocycles. The van der Waals surface area contributed by atoms with Crippen molar-refractivity contribution in [2.75, 3.05) is 41.6 Å². The summed E-state index contributed by atoms with van der Waals surface area (Å²) in [4.78, 5) is 41.6. The number of benzene rings is 1. The van der Waals surface area contributed by atoms with E-state index in [4.69, 9.17) is 28.4 Å². The Bertz CT molecular complexity index is 1400. The van der Waals surface area contributed by atoms with Gasteiger partial charge in [-0.3, -0.25) is 9.59 Å². The Kier molecular flexibility index (Phi) is 7.41. The molecule has 1 aromatic rings. The molecule has 7 unspecified atom stereocenters. The van der Waals surface area contributed by atoms with E-state index in [-0.39, 0.29) is 31.6 Å². The van der Waals surface area contributed by atoms with Gasteiger partial charge in [0.25, 0.3) is 0 Å². The normalized spacial score (nSPS) is 49.4. The van der Waals surface area contributed by atoms with Gasteiger partial charge >= 0.3 is 11.9 Å². The van der Waals surface area contributed by atoms with Crippen LogP contribution in [0.15, 0.2) is 30.3 Å². The number of fused-ring (bicyclic) bond motifs is 2. The van der Waals surface area contributed by atoms with Crippen LogP contribution in [0.2, 0.25) is 0 Å². The van der Waals surface area contributed by atoms with Gasteiger partial charge in [0.2, 0.25) is 6.41 Å². The average molecular weight is 646 g/mol. The fourth-order valence-electron chi connectivity index (χ4n) is 12.0. The first-order valence-electron chi connectivity index (χ1n) is 15.8. The van der Waals surface area contributed by atoms with E-state index in [2.05, 4.69) is 0 Å². The number of rotatable bonds is 9. The number of hydrogen-bond donors (Lipinski definition) is 3. The molecular formula is C33H43NO12. The largest absolute Gasteiger partial charge is 0.455 e. The minimum absolute atomic E-state index is 0.0369. The van der Waals surface area contributed by atoms with Crippen LogP contribution in [0, 0.1) is 34.5 Å². The van der Waals surface area contributed by atoms with E-state index in [0.29, 0.717) is 0 Å². The topological polar surface area (TPSA) is 171 Å². The van der Waals surface area contributed by atoms with Crippen molar-refractivity contribution >= 4 is 18.3 Å². The summed E-state index contributed by atoms with van der Waals surface area (Å²) in [6.45, 7) is 1.44. The Balaban J connectivity index is 1.53. The molecule has 0 radical (unpaired) electrons. The molecule has 46 heavy (non-hydrogen) atoms. The number of nitrogens with zero attached hydrogens (tertiary/aromatic N) is 1. The number of carbonyl (C=O) groups is 3. The number of esters is 2. The Labute approximate surface area is 267 Å². The zero-order valence-electron chi connectivity index (χ0n) is 26.6. The van der Waals surface area contributed by atoms with Gasteiger partial charge in [-0.2, -0.15) is 0 Å². The van der Waals surface area contributed by atoms with Crippen LogP contribution in [0.25, 0.3) is 0 Å². The zero-order valence-corrected chi connectivity index (χ0v) is 26.6. The zero-order chi connectivity index (χ0) is 33.0. The highest BCUT2D eigenvalue weighted by molar-refractivity contribution is 5.89. The van der Waals surface area contributed by atoms with E-state index >= 15 is 0 Å². The second-order valence-corrected chi connectivity index (χ2v) is 14.1. The maximum Gasteiger partial charge on any atom is 0.338 e. The summed E-state index contributed by atoms with van der Waals surface area (Å²) in [7, 11) is 5.95. The number of carbonyl (C=O) groups excluding carboxylic acids is 3. The van der Waals surface area contributed by atoms with Gasteiger partial charge in [0, 0.05) is 83.0 Å². The summed E-state index contributed by atoms with van der Waals surface area (Å²) in [6, 6.07) is 7.64. The Morgan fingerprint density at radius 2 is 1.74 bits per heavy atom. The predicted molar refractivity (Wildman–Crippen MR) is 156 cm³/mol. The van der Waals surface area contributed by atoms with Crippen LogP contribution in [-0.4, -0.2) is 134 Å². The maximum absolute atomic E-state index is 13.7. The number of hydrogen-bond acceptors (Lipinski definition) is 12. The summed E-state index contributed by atoms with van der Waals surface area (Å²) >= 11 is 0. The van der Waals surface area contributed by atoms with E-state index < -0.39 is 100 Å². The third-order valence-corrected chi connectivity index (χ3v) is 12.8. The second-order valence-electron chi connectivity index (χ2n) is 14.1. The lowest BCUT2D eigenvalue weighted by Gasteiger charge is -2.69. The van der Waals surface area contributed by atoms with Crippen molar-refractivity contribution in [3.8, 4) is 0 Å². The number of aliphatic hydroxyl groups excluding tert-OH is 2. The molecule has 3 N–H and O–H groups in total. The van der Waals surface area contributed by atoms with Gasteiger partial charge in [-0.15, -0.1) is 0 Å². The van der Waals surface area contributed by atoms with Gasteiger partial charge in [-0.1, -0.05) is 18.2 Å². The van der Waals surface area contributed by atoms with Crippen LogP contribution in [0.5, 0.6) is 0 Å². The van der Waals surface area contributed by atoms with E-state index in [0.717, 1.165) is 6.41 Å². The van der Waals surface area contributed by atoms with Crippen molar-refractivity contribution in [1.82, 2.24) is 4.90 Å². The Morgan fingerprint density at radius 1 is 1.02 bits per heavy atom. The van der Waals surface area contributed by atoms with Crippen molar-refractivity contribution in [3.63, 3.8) is 0 Å². The van der Waals surface area contributed by atoms with Crippen molar-refractivity contribution in [2.45, 2.75) is 73.6 Å². The molecule has 6 fully saturated rings. The van der Waals surface area contributed by atoms with Crippen LogP contribution in [-0.2, 0) is 38.0 Å². The predicted octanol–water partition coefficient (Wildman–Crippen LogP) is -0.215. The van der Waals surface area contributed by atoms with Crippen LogP contribution >= 0.6 is 0 Å². The van der Waals surface area contributed by atoms with Crippen LogP contribution in [0.1, 0.15) is 30.1 Å². The highest BCUT2D eigenvalue weighted by atomic mass is 16.6. The first kappa shape index (κ1) is 31.9. The van der Waals surface area contributed by atoms with Gasteiger partial charge in [-0.25, -0.2) is 4.79 Å². The lowest BCUT2D eigenvalue weighted by molar-refractivity contribution is -0.319. The highest BCUT2D eigenvalue weighted by Crippen LogP contribution is 2.80. The molecule has 15 atom stereocenters. The summed E-state index contributed by atoms with van der Waals surface area (Å²) in [5.41, 5.74) is -5.54. The number of methoxy groups -OCH3 is 4. The average Bonchev–Trinajstić information content (AvgIpc) is 3.41. The summed E-state index contributed by atoms with van der Waals surface area (Å²) in [5.74, 6) is -4.46. The van der Waals surface area contributed by atoms with Crippen molar-refractivity contribution in [1.29, 1.82) is 0 Å². The first-order valence-corrected chi connectivity index (χ1v) is 15.8. The maximum atomic E-state index is 13.7. The number of aliphatic hydroxyl groups is 3. The molecule has 5 saturated carbocycles. The van der Waals surface area contributed by atoms with Gasteiger partial charge < -0.3 is 48.6 Å². The van der Waals surface area contributed by atoms with Crippen LogP contribution < -0.4 is 0 Å². The van der Waals surface area contributed by atoms with Crippen molar-refractivity contribution in [2.24, 2.45) is 34.5 Å².